The molecule has 1 saturated heterocycles. The van der Waals surface area contributed by atoms with E-state index in [1.165, 1.54) is 12.1 Å². The Morgan fingerprint density at radius 1 is 1.46 bits per heavy atom. The summed E-state index contributed by atoms with van der Waals surface area (Å²) in [5.74, 6) is -2.43. The minimum atomic E-state index is -1.38. The number of thioether (sulfide) groups is 1. The van der Waals surface area contributed by atoms with E-state index in [9.17, 15) is 29.6 Å². The number of nitrogens with one attached hydrogen (secondary N) is 2. The molecule has 1 aliphatic rings. The van der Waals surface area contributed by atoms with Crippen LogP contribution >= 0.6 is 11.8 Å². The van der Waals surface area contributed by atoms with Crippen LogP contribution in [0.15, 0.2) is 18.2 Å². The third kappa shape index (κ3) is 4.22. The number of carbonyl (C=O) groups excluding carboxylic acids is 3. The lowest BCUT2D eigenvalue weighted by molar-refractivity contribution is -0.384. The van der Waals surface area contributed by atoms with Crippen LogP contribution in [-0.4, -0.2) is 39.8 Å². The zero-order valence-electron chi connectivity index (χ0n) is 12.6. The van der Waals surface area contributed by atoms with Crippen LogP contribution in [0.3, 0.4) is 0 Å². The van der Waals surface area contributed by atoms with Crippen molar-refractivity contribution in [3.63, 3.8) is 0 Å². The summed E-state index contributed by atoms with van der Waals surface area (Å²) in [6, 6.07) is 3.29. The van der Waals surface area contributed by atoms with Crippen LogP contribution in [0.5, 0.6) is 0 Å². The van der Waals surface area contributed by atoms with E-state index in [0.717, 1.165) is 11.8 Å². The highest BCUT2D eigenvalue weighted by atomic mass is 32.2. The molecule has 1 aromatic rings. The maximum Gasteiger partial charge on any atom is 0.293 e. The Kier molecular flexibility index (Phi) is 5.39. The summed E-state index contributed by atoms with van der Waals surface area (Å²) in [6.45, 7) is 1.69. The molecule has 128 valence electrons. The molecule has 1 aromatic carbocycles. The normalized spacial score (nSPS) is 20.1. The van der Waals surface area contributed by atoms with E-state index in [4.69, 9.17) is 0 Å². The maximum atomic E-state index is 12.0. The van der Waals surface area contributed by atoms with E-state index in [0.29, 0.717) is 5.56 Å². The number of nitrogens with zero attached hydrogens (tertiary/aromatic N) is 1. The van der Waals surface area contributed by atoms with Gasteiger partial charge in [-0.15, -0.1) is 11.8 Å². The summed E-state index contributed by atoms with van der Waals surface area (Å²) in [5.41, 5.74) is 0.487. The monoisotopic (exact) mass is 352 g/mol. The second-order valence-corrected chi connectivity index (χ2v) is 6.47. The number of nitro benzene ring substituents is 1. The molecule has 0 aliphatic carbocycles. The van der Waals surface area contributed by atoms with Gasteiger partial charge in [-0.1, -0.05) is 6.07 Å². The number of hydrogen-bond donors (Lipinski definition) is 2. The number of aryl methyl sites for hydroxylation is 1. The van der Waals surface area contributed by atoms with Gasteiger partial charge in [0.05, 0.1) is 22.2 Å². The lowest BCUT2D eigenvalue weighted by atomic mass is 10.2. The highest BCUT2D eigenvalue weighted by molar-refractivity contribution is 8.00. The van der Waals surface area contributed by atoms with Crippen molar-refractivity contribution in [2.24, 2.45) is 0 Å². The van der Waals surface area contributed by atoms with Crippen molar-refractivity contribution in [1.29, 1.82) is 0 Å². The fourth-order valence-corrected chi connectivity index (χ4v) is 3.27. The summed E-state index contributed by atoms with van der Waals surface area (Å²) in [6.07, 6.45) is -0.221. The highest BCUT2D eigenvalue weighted by Crippen LogP contribution is 2.26. The molecule has 0 aromatic heterocycles. The van der Waals surface area contributed by atoms with Gasteiger partial charge in [-0.2, -0.15) is 0 Å². The third-order valence-corrected chi connectivity index (χ3v) is 4.66. The lowest BCUT2D eigenvalue weighted by Crippen LogP contribution is -2.55. The Hall–Kier alpha value is -2.62. The Labute approximate surface area is 140 Å². The van der Waals surface area contributed by atoms with Gasteiger partial charge >= 0.3 is 0 Å². The first kappa shape index (κ1) is 17.7. The standard InChI is InChI=1S/C14H15N3O6S/c1-7-2-3-8(10(4-7)17(22)23)15-12(18)5-11-13(19)16-9(6-24-11)14(20)21/h2-4,9,11H,5-6H2,1H3,(H,15,18)(H,16,19)(H,20,21)/p-1/t9-,11-/m1/s1. The van der Waals surface area contributed by atoms with Crippen molar-refractivity contribution in [2.75, 3.05) is 11.1 Å². The molecule has 9 nitrogen and oxygen atoms in total. The largest absolute Gasteiger partial charge is 0.548 e. The zero-order valence-corrected chi connectivity index (χ0v) is 13.4. The van der Waals surface area contributed by atoms with E-state index >= 15 is 0 Å². The molecule has 0 radical (unpaired) electrons. The van der Waals surface area contributed by atoms with Gasteiger partial charge in [0, 0.05) is 18.2 Å². The van der Waals surface area contributed by atoms with Crippen LogP contribution in [0, 0.1) is 17.0 Å². The molecule has 1 aliphatic heterocycles. The van der Waals surface area contributed by atoms with Gasteiger partial charge in [0.15, 0.2) is 0 Å². The van der Waals surface area contributed by atoms with Crippen molar-refractivity contribution in [2.45, 2.75) is 24.6 Å². The topological polar surface area (TPSA) is 141 Å². The number of rotatable bonds is 5. The molecule has 10 heteroatoms. The van der Waals surface area contributed by atoms with Gasteiger partial charge in [-0.25, -0.2) is 0 Å². The summed E-state index contributed by atoms with van der Waals surface area (Å²) in [5, 5.41) is 25.7. The molecule has 1 heterocycles. The molecule has 24 heavy (non-hydrogen) atoms. The average Bonchev–Trinajstić information content (AvgIpc) is 2.50. The number of carbonyl (C=O) groups is 3. The van der Waals surface area contributed by atoms with Crippen molar-refractivity contribution >= 4 is 40.9 Å². The lowest BCUT2D eigenvalue weighted by Gasteiger charge is -2.28. The van der Waals surface area contributed by atoms with Gasteiger partial charge < -0.3 is 20.5 Å². The molecular formula is C14H14N3O6S-. The zero-order chi connectivity index (χ0) is 17.9. The minimum absolute atomic E-state index is 0.0458. The van der Waals surface area contributed by atoms with Crippen molar-refractivity contribution in [3.8, 4) is 0 Å². The fourth-order valence-electron chi connectivity index (χ4n) is 2.14. The number of carboxylic acids is 1. The summed E-state index contributed by atoms with van der Waals surface area (Å²) in [7, 11) is 0. The van der Waals surface area contributed by atoms with Crippen molar-refractivity contribution < 1.29 is 24.4 Å². The molecule has 0 bridgehead atoms. The van der Waals surface area contributed by atoms with E-state index in [1.807, 2.05) is 0 Å². The molecule has 0 saturated carbocycles. The number of nitro groups is 1. The third-order valence-electron chi connectivity index (χ3n) is 3.35. The quantitative estimate of drug-likeness (QED) is 0.541. The predicted molar refractivity (Wildman–Crippen MR) is 84.3 cm³/mol. The van der Waals surface area contributed by atoms with Gasteiger partial charge in [0.1, 0.15) is 5.69 Å². The Balaban J connectivity index is 2.01. The second-order valence-electron chi connectivity index (χ2n) is 5.23. The van der Waals surface area contributed by atoms with Crippen LogP contribution in [0.2, 0.25) is 0 Å². The fraction of sp³-hybridized carbons (Fsp3) is 0.357. The van der Waals surface area contributed by atoms with E-state index in [1.54, 1.807) is 13.0 Å². The highest BCUT2D eigenvalue weighted by Gasteiger charge is 2.31. The molecule has 0 spiro atoms. The number of benzene rings is 1. The van der Waals surface area contributed by atoms with E-state index in [-0.39, 0.29) is 23.5 Å². The molecule has 2 N–H and O–H groups in total. The first-order valence-corrected chi connectivity index (χ1v) is 8.00. The molecule has 2 atom stereocenters. The van der Waals surface area contributed by atoms with Crippen LogP contribution in [0.25, 0.3) is 0 Å². The van der Waals surface area contributed by atoms with Gasteiger partial charge in [-0.05, 0) is 18.6 Å². The van der Waals surface area contributed by atoms with Crippen LogP contribution in [-0.2, 0) is 14.4 Å². The van der Waals surface area contributed by atoms with Gasteiger partial charge in [0.2, 0.25) is 11.8 Å². The Morgan fingerprint density at radius 2 is 2.17 bits per heavy atom. The molecule has 2 amide bonds. The molecular weight excluding hydrogens is 338 g/mol. The molecule has 0 unspecified atom stereocenters. The van der Waals surface area contributed by atoms with Crippen LogP contribution in [0.4, 0.5) is 11.4 Å². The minimum Gasteiger partial charge on any atom is -0.548 e. The van der Waals surface area contributed by atoms with Crippen molar-refractivity contribution in [1.82, 2.24) is 5.32 Å². The SMILES string of the molecule is Cc1ccc(NC(=O)C[C@H]2SC[C@H](C(=O)[O-])NC2=O)c([N+](=O)[O-])c1. The maximum absolute atomic E-state index is 12.0. The van der Waals surface area contributed by atoms with Crippen LogP contribution in [0.1, 0.15) is 12.0 Å². The number of aliphatic carboxylic acids is 1. The second kappa shape index (κ2) is 7.30. The number of amides is 2. The Morgan fingerprint density at radius 3 is 2.75 bits per heavy atom. The summed E-state index contributed by atoms with van der Waals surface area (Å²) < 4.78 is 0. The number of hydrogen-bond acceptors (Lipinski definition) is 7. The first-order chi connectivity index (χ1) is 11.3. The smallest absolute Gasteiger partial charge is 0.293 e. The predicted octanol–water partition coefficient (Wildman–Crippen LogP) is -0.418. The van der Waals surface area contributed by atoms with Crippen LogP contribution < -0.4 is 15.7 Å². The number of anilines is 1. The molecule has 2 rings (SSSR count). The first-order valence-electron chi connectivity index (χ1n) is 6.95. The number of carboxylic acid groups (broad SMARTS) is 1. The van der Waals surface area contributed by atoms with Gasteiger partial charge in [-0.3, -0.25) is 19.7 Å². The van der Waals surface area contributed by atoms with E-state index in [2.05, 4.69) is 10.6 Å². The van der Waals surface area contributed by atoms with Crippen molar-refractivity contribution in [3.05, 3.63) is 33.9 Å². The summed E-state index contributed by atoms with van der Waals surface area (Å²) in [4.78, 5) is 45.0. The van der Waals surface area contributed by atoms with Gasteiger partial charge in [0.25, 0.3) is 5.69 Å². The average molecular weight is 352 g/mol. The molecule has 1 fully saturated rings. The summed E-state index contributed by atoms with van der Waals surface area (Å²) >= 11 is 1.03. The Bertz CT molecular complexity index is 708. The van der Waals surface area contributed by atoms with E-state index < -0.39 is 34.0 Å².